The van der Waals surface area contributed by atoms with Gasteiger partial charge in [0.15, 0.2) is 0 Å². The first-order valence-electron chi connectivity index (χ1n) is 6.17. The van der Waals surface area contributed by atoms with Crippen LogP contribution in [0.2, 0.25) is 0 Å². The van der Waals surface area contributed by atoms with E-state index in [0.29, 0.717) is 12.8 Å². The summed E-state index contributed by atoms with van der Waals surface area (Å²) in [5.74, 6) is 0.0964. The number of amides is 2. The van der Waals surface area contributed by atoms with Crippen LogP contribution in [0.3, 0.4) is 0 Å². The van der Waals surface area contributed by atoms with Crippen LogP contribution in [0.15, 0.2) is 36.5 Å². The fourth-order valence-electron chi connectivity index (χ4n) is 3.16. The topological polar surface area (TPSA) is 40.6 Å². The molecule has 3 aliphatic heterocycles. The Morgan fingerprint density at radius 2 is 1.89 bits per heavy atom. The molecule has 1 saturated heterocycles. The second kappa shape index (κ2) is 3.22. The molecule has 18 heavy (non-hydrogen) atoms. The standard InChI is InChI=1S/C14H12N2O2/c17-13-12-8-9-4-1-2-5-10(9)16(12)14(18)11-6-3-7-15(11)13/h1-5,7,11-12H,6,8H2/t11-,12-/m0/s1. The molecule has 0 aromatic heterocycles. The molecule has 3 aliphatic rings. The molecular formula is C14H12N2O2. The highest BCUT2D eigenvalue weighted by Gasteiger charge is 2.50. The lowest BCUT2D eigenvalue weighted by molar-refractivity contribution is -0.141. The third kappa shape index (κ3) is 1.05. The molecule has 1 aromatic rings. The molecule has 90 valence electrons. The van der Waals surface area contributed by atoms with E-state index in [1.54, 1.807) is 16.0 Å². The van der Waals surface area contributed by atoms with Crippen molar-refractivity contribution in [3.05, 3.63) is 42.1 Å². The van der Waals surface area contributed by atoms with E-state index in [1.807, 2.05) is 30.3 Å². The van der Waals surface area contributed by atoms with E-state index in [2.05, 4.69) is 0 Å². The highest BCUT2D eigenvalue weighted by molar-refractivity contribution is 6.11. The zero-order valence-corrected chi connectivity index (χ0v) is 9.74. The number of fused-ring (bicyclic) bond motifs is 4. The molecule has 1 aromatic carbocycles. The Bertz CT molecular complexity index is 593. The van der Waals surface area contributed by atoms with Crippen molar-refractivity contribution in [3.63, 3.8) is 0 Å². The molecule has 0 N–H and O–H groups in total. The summed E-state index contributed by atoms with van der Waals surface area (Å²) in [6.07, 6.45) is 4.92. The van der Waals surface area contributed by atoms with Gasteiger partial charge in [-0.3, -0.25) is 14.5 Å². The number of para-hydroxylation sites is 1. The Morgan fingerprint density at radius 3 is 2.78 bits per heavy atom. The first kappa shape index (κ1) is 9.88. The minimum absolute atomic E-state index is 0.0459. The molecular weight excluding hydrogens is 228 g/mol. The molecule has 4 nitrogen and oxygen atoms in total. The maximum atomic E-state index is 12.5. The number of hydrogen-bond donors (Lipinski definition) is 0. The van der Waals surface area contributed by atoms with Crippen LogP contribution in [0.25, 0.3) is 0 Å². The maximum Gasteiger partial charge on any atom is 0.251 e. The zero-order chi connectivity index (χ0) is 12.3. The molecule has 0 spiro atoms. The van der Waals surface area contributed by atoms with E-state index in [9.17, 15) is 9.59 Å². The zero-order valence-electron chi connectivity index (χ0n) is 9.74. The van der Waals surface area contributed by atoms with Crippen molar-refractivity contribution in [2.75, 3.05) is 4.90 Å². The van der Waals surface area contributed by atoms with Crippen LogP contribution in [0.1, 0.15) is 12.0 Å². The Hall–Kier alpha value is -2.10. The number of carbonyl (C=O) groups is 2. The molecule has 0 bridgehead atoms. The average Bonchev–Trinajstić information content (AvgIpc) is 3.00. The Labute approximate surface area is 104 Å². The SMILES string of the molecule is O=C1[C@@H]2Cc3ccccc3N2C(=O)[C@@H]2CC=CN12. The van der Waals surface area contributed by atoms with E-state index in [1.165, 1.54) is 0 Å². The van der Waals surface area contributed by atoms with Crippen molar-refractivity contribution in [2.45, 2.75) is 24.9 Å². The van der Waals surface area contributed by atoms with Crippen molar-refractivity contribution < 1.29 is 9.59 Å². The molecule has 0 radical (unpaired) electrons. The maximum absolute atomic E-state index is 12.5. The second-order valence-corrected chi connectivity index (χ2v) is 4.94. The summed E-state index contributed by atoms with van der Waals surface area (Å²) in [6.45, 7) is 0. The van der Waals surface area contributed by atoms with Gasteiger partial charge in [-0.15, -0.1) is 0 Å². The Kier molecular flexibility index (Phi) is 1.77. The van der Waals surface area contributed by atoms with Crippen LogP contribution < -0.4 is 4.90 Å². The minimum Gasteiger partial charge on any atom is -0.305 e. The highest BCUT2D eigenvalue weighted by atomic mass is 16.2. The van der Waals surface area contributed by atoms with Gasteiger partial charge in [0, 0.05) is 18.3 Å². The summed E-state index contributed by atoms with van der Waals surface area (Å²) in [4.78, 5) is 28.2. The van der Waals surface area contributed by atoms with Crippen LogP contribution in [0.5, 0.6) is 0 Å². The summed E-state index contributed by atoms with van der Waals surface area (Å²) in [5.41, 5.74) is 2.00. The average molecular weight is 240 g/mol. The molecule has 1 fully saturated rings. The van der Waals surface area contributed by atoms with E-state index in [4.69, 9.17) is 0 Å². The molecule has 2 amide bonds. The summed E-state index contributed by atoms with van der Waals surface area (Å²) < 4.78 is 0. The monoisotopic (exact) mass is 240 g/mol. The van der Waals surface area contributed by atoms with Gasteiger partial charge >= 0.3 is 0 Å². The normalized spacial score (nSPS) is 28.4. The van der Waals surface area contributed by atoms with Crippen LogP contribution in [-0.4, -0.2) is 28.8 Å². The molecule has 0 saturated carbocycles. The number of anilines is 1. The van der Waals surface area contributed by atoms with Gasteiger partial charge in [0.05, 0.1) is 0 Å². The first-order valence-corrected chi connectivity index (χ1v) is 6.17. The van der Waals surface area contributed by atoms with Crippen molar-refractivity contribution >= 4 is 17.5 Å². The molecule has 0 unspecified atom stereocenters. The number of rotatable bonds is 0. The summed E-state index contributed by atoms with van der Waals surface area (Å²) in [5, 5.41) is 0. The largest absolute Gasteiger partial charge is 0.305 e. The number of benzene rings is 1. The molecule has 3 heterocycles. The van der Waals surface area contributed by atoms with Gasteiger partial charge in [0.1, 0.15) is 12.1 Å². The lowest BCUT2D eigenvalue weighted by atomic mass is 10.0. The van der Waals surface area contributed by atoms with Crippen LogP contribution >= 0.6 is 0 Å². The predicted octanol–water partition coefficient (Wildman–Crippen LogP) is 1.07. The van der Waals surface area contributed by atoms with Crippen LogP contribution in [0, 0.1) is 0 Å². The molecule has 4 rings (SSSR count). The number of piperazine rings is 1. The van der Waals surface area contributed by atoms with E-state index >= 15 is 0 Å². The van der Waals surface area contributed by atoms with Crippen LogP contribution in [-0.2, 0) is 16.0 Å². The first-order chi connectivity index (χ1) is 8.77. The van der Waals surface area contributed by atoms with Crippen molar-refractivity contribution in [2.24, 2.45) is 0 Å². The third-order valence-electron chi connectivity index (χ3n) is 4.00. The van der Waals surface area contributed by atoms with Gasteiger partial charge in [-0.25, -0.2) is 0 Å². The fraction of sp³-hybridized carbons (Fsp3) is 0.286. The van der Waals surface area contributed by atoms with Crippen LogP contribution in [0.4, 0.5) is 5.69 Å². The molecule has 4 heteroatoms. The Morgan fingerprint density at radius 1 is 1.06 bits per heavy atom. The summed E-state index contributed by atoms with van der Waals surface area (Å²) in [7, 11) is 0. The number of nitrogens with zero attached hydrogens (tertiary/aromatic N) is 2. The van der Waals surface area contributed by atoms with E-state index in [0.717, 1.165) is 11.3 Å². The summed E-state index contributed by atoms with van der Waals surface area (Å²) in [6, 6.07) is 7.13. The number of hydrogen-bond acceptors (Lipinski definition) is 2. The van der Waals surface area contributed by atoms with Gasteiger partial charge in [-0.05, 0) is 18.1 Å². The third-order valence-corrected chi connectivity index (χ3v) is 4.00. The van der Waals surface area contributed by atoms with E-state index in [-0.39, 0.29) is 23.9 Å². The molecule has 2 atom stereocenters. The van der Waals surface area contributed by atoms with Gasteiger partial charge < -0.3 is 4.90 Å². The predicted molar refractivity (Wildman–Crippen MR) is 65.8 cm³/mol. The smallest absolute Gasteiger partial charge is 0.251 e. The Balaban J connectivity index is 1.84. The van der Waals surface area contributed by atoms with Crippen molar-refractivity contribution in [1.82, 2.24) is 4.90 Å². The lowest BCUT2D eigenvalue weighted by Crippen LogP contribution is -2.61. The minimum atomic E-state index is -0.339. The van der Waals surface area contributed by atoms with Crippen molar-refractivity contribution in [3.8, 4) is 0 Å². The van der Waals surface area contributed by atoms with Gasteiger partial charge in [-0.1, -0.05) is 24.3 Å². The number of carbonyl (C=O) groups excluding carboxylic acids is 2. The van der Waals surface area contributed by atoms with Gasteiger partial charge in [0.2, 0.25) is 0 Å². The second-order valence-electron chi connectivity index (χ2n) is 4.94. The molecule has 0 aliphatic carbocycles. The van der Waals surface area contributed by atoms with Gasteiger partial charge in [0.25, 0.3) is 11.8 Å². The quantitative estimate of drug-likeness (QED) is 0.680. The highest BCUT2D eigenvalue weighted by Crippen LogP contribution is 2.38. The van der Waals surface area contributed by atoms with Gasteiger partial charge in [-0.2, -0.15) is 0 Å². The van der Waals surface area contributed by atoms with E-state index < -0.39 is 0 Å². The summed E-state index contributed by atoms with van der Waals surface area (Å²) >= 11 is 0. The van der Waals surface area contributed by atoms with Crippen molar-refractivity contribution in [1.29, 1.82) is 0 Å². The fourth-order valence-corrected chi connectivity index (χ4v) is 3.16. The lowest BCUT2D eigenvalue weighted by Gasteiger charge is -2.38.